The van der Waals surface area contributed by atoms with E-state index in [4.69, 9.17) is 10.5 Å². The fraction of sp³-hybridized carbons (Fsp3) is 0.579. The summed E-state index contributed by atoms with van der Waals surface area (Å²) >= 11 is 0. The van der Waals surface area contributed by atoms with Crippen LogP contribution in [0.2, 0.25) is 0 Å². The van der Waals surface area contributed by atoms with Crippen molar-refractivity contribution in [1.82, 2.24) is 15.0 Å². The third kappa shape index (κ3) is 3.31. The Kier molecular flexibility index (Phi) is 4.90. The standard InChI is InChI=1S/C19H28N4O/c1-11(2)15-8-13(12(3)7-14(15)10-20)9-17-21-16-5-6-18(24-4)23-19(16)22-17/h5-7,11,13-15H,8-10,20H2,1-4H3,(H,21,22,23)/t13-,14-,15-/m0/s1. The number of pyridine rings is 1. The first-order valence-corrected chi connectivity index (χ1v) is 8.79. The number of aromatic nitrogens is 3. The Labute approximate surface area is 143 Å². The van der Waals surface area contributed by atoms with E-state index in [0.29, 0.717) is 29.6 Å². The van der Waals surface area contributed by atoms with Crippen LogP contribution in [0.1, 0.15) is 33.0 Å². The minimum Gasteiger partial charge on any atom is -0.481 e. The fourth-order valence-electron chi connectivity index (χ4n) is 3.91. The van der Waals surface area contributed by atoms with Crippen LogP contribution in [0.25, 0.3) is 11.2 Å². The molecule has 3 atom stereocenters. The van der Waals surface area contributed by atoms with E-state index in [1.807, 2.05) is 12.1 Å². The van der Waals surface area contributed by atoms with Gasteiger partial charge in [0.05, 0.1) is 12.6 Å². The third-order valence-corrected chi connectivity index (χ3v) is 5.37. The summed E-state index contributed by atoms with van der Waals surface area (Å²) in [4.78, 5) is 12.5. The van der Waals surface area contributed by atoms with Crippen LogP contribution in [0.5, 0.6) is 5.88 Å². The van der Waals surface area contributed by atoms with Gasteiger partial charge in [0.25, 0.3) is 0 Å². The van der Waals surface area contributed by atoms with Gasteiger partial charge in [-0.1, -0.05) is 25.5 Å². The molecule has 0 unspecified atom stereocenters. The minimum atomic E-state index is 0.503. The highest BCUT2D eigenvalue weighted by Crippen LogP contribution is 2.38. The number of ether oxygens (including phenoxy) is 1. The van der Waals surface area contributed by atoms with E-state index >= 15 is 0 Å². The lowest BCUT2D eigenvalue weighted by atomic mass is 9.70. The van der Waals surface area contributed by atoms with Crippen LogP contribution in [0, 0.1) is 23.7 Å². The van der Waals surface area contributed by atoms with E-state index < -0.39 is 0 Å². The van der Waals surface area contributed by atoms with Gasteiger partial charge in [0, 0.05) is 12.5 Å². The molecule has 2 aromatic rings. The Morgan fingerprint density at radius 1 is 1.33 bits per heavy atom. The first-order chi connectivity index (χ1) is 11.5. The van der Waals surface area contributed by atoms with Crippen molar-refractivity contribution in [2.75, 3.05) is 13.7 Å². The quantitative estimate of drug-likeness (QED) is 0.826. The van der Waals surface area contributed by atoms with E-state index in [1.54, 1.807) is 7.11 Å². The van der Waals surface area contributed by atoms with Crippen LogP contribution in [0.3, 0.4) is 0 Å². The molecule has 0 aliphatic heterocycles. The second-order valence-electron chi connectivity index (χ2n) is 7.26. The number of aromatic amines is 1. The first kappa shape index (κ1) is 17.0. The van der Waals surface area contributed by atoms with E-state index in [-0.39, 0.29) is 0 Å². The van der Waals surface area contributed by atoms with Crippen molar-refractivity contribution < 1.29 is 4.74 Å². The molecule has 0 saturated heterocycles. The van der Waals surface area contributed by atoms with E-state index in [2.05, 4.69) is 41.8 Å². The summed E-state index contributed by atoms with van der Waals surface area (Å²) in [5.41, 5.74) is 9.11. The summed E-state index contributed by atoms with van der Waals surface area (Å²) in [5.74, 6) is 3.90. The molecule has 0 spiro atoms. The summed E-state index contributed by atoms with van der Waals surface area (Å²) in [5, 5.41) is 0. The summed E-state index contributed by atoms with van der Waals surface area (Å²) in [6.45, 7) is 7.57. The number of methoxy groups -OCH3 is 1. The van der Waals surface area contributed by atoms with E-state index in [9.17, 15) is 0 Å². The Balaban J connectivity index is 1.82. The lowest BCUT2D eigenvalue weighted by Crippen LogP contribution is -2.32. The number of rotatable bonds is 5. The van der Waals surface area contributed by atoms with Crippen molar-refractivity contribution >= 4 is 11.2 Å². The number of allylic oxidation sites excluding steroid dienone is 1. The Hall–Kier alpha value is -1.88. The number of imidazole rings is 1. The molecule has 0 fully saturated rings. The van der Waals surface area contributed by atoms with E-state index in [1.165, 1.54) is 12.0 Å². The summed E-state index contributed by atoms with van der Waals surface area (Å²) < 4.78 is 5.18. The molecule has 0 aromatic carbocycles. The number of H-pyrrole nitrogens is 1. The molecule has 5 heteroatoms. The zero-order valence-corrected chi connectivity index (χ0v) is 15.0. The molecular formula is C19H28N4O. The summed E-state index contributed by atoms with van der Waals surface area (Å²) in [6.07, 6.45) is 4.49. The van der Waals surface area contributed by atoms with Gasteiger partial charge in [0.2, 0.25) is 5.88 Å². The van der Waals surface area contributed by atoms with Crippen LogP contribution >= 0.6 is 0 Å². The van der Waals surface area contributed by atoms with Gasteiger partial charge in [-0.05, 0) is 49.6 Å². The maximum Gasteiger partial charge on any atom is 0.215 e. The number of hydrogen-bond acceptors (Lipinski definition) is 4. The normalized spacial score (nSPS) is 24.4. The van der Waals surface area contributed by atoms with Crippen molar-refractivity contribution in [2.24, 2.45) is 29.4 Å². The Morgan fingerprint density at radius 3 is 2.79 bits per heavy atom. The summed E-state index contributed by atoms with van der Waals surface area (Å²) in [7, 11) is 1.62. The van der Waals surface area contributed by atoms with Crippen molar-refractivity contribution in [1.29, 1.82) is 0 Å². The first-order valence-electron chi connectivity index (χ1n) is 8.79. The predicted octanol–water partition coefficient (Wildman–Crippen LogP) is 3.32. The highest BCUT2D eigenvalue weighted by Gasteiger charge is 2.31. The SMILES string of the molecule is COc1ccc2[nH]c(C[C@@H]3C[C@@H](C(C)C)[C@H](CN)C=C3C)nc2n1. The molecule has 3 N–H and O–H groups in total. The van der Waals surface area contributed by atoms with Crippen LogP contribution in [-0.2, 0) is 6.42 Å². The molecule has 24 heavy (non-hydrogen) atoms. The number of nitrogens with zero attached hydrogens (tertiary/aromatic N) is 2. The van der Waals surface area contributed by atoms with Gasteiger partial charge in [-0.25, -0.2) is 4.98 Å². The number of nitrogens with two attached hydrogens (primary N) is 1. The Bertz CT molecular complexity index is 734. The largest absolute Gasteiger partial charge is 0.481 e. The zero-order chi connectivity index (χ0) is 17.3. The van der Waals surface area contributed by atoms with Crippen molar-refractivity contribution in [3.63, 3.8) is 0 Å². The van der Waals surface area contributed by atoms with Gasteiger partial charge in [-0.3, -0.25) is 0 Å². The topological polar surface area (TPSA) is 76.8 Å². The van der Waals surface area contributed by atoms with Gasteiger partial charge >= 0.3 is 0 Å². The second kappa shape index (κ2) is 6.93. The maximum atomic E-state index is 5.99. The highest BCUT2D eigenvalue weighted by atomic mass is 16.5. The molecule has 130 valence electrons. The average Bonchev–Trinajstić information content (AvgIpc) is 2.97. The molecule has 5 nitrogen and oxygen atoms in total. The molecule has 0 radical (unpaired) electrons. The number of fused-ring (bicyclic) bond motifs is 1. The Morgan fingerprint density at radius 2 is 2.12 bits per heavy atom. The molecule has 2 aromatic heterocycles. The lowest BCUT2D eigenvalue weighted by Gasteiger charge is -2.36. The van der Waals surface area contributed by atoms with Gasteiger partial charge in [0.1, 0.15) is 5.82 Å². The highest BCUT2D eigenvalue weighted by molar-refractivity contribution is 5.71. The van der Waals surface area contributed by atoms with Crippen LogP contribution in [-0.4, -0.2) is 28.6 Å². The van der Waals surface area contributed by atoms with Gasteiger partial charge in [0.15, 0.2) is 5.65 Å². The monoisotopic (exact) mass is 328 g/mol. The zero-order valence-electron chi connectivity index (χ0n) is 15.0. The van der Waals surface area contributed by atoms with Crippen molar-refractivity contribution in [3.05, 3.63) is 29.6 Å². The van der Waals surface area contributed by atoms with Gasteiger partial charge < -0.3 is 15.5 Å². The third-order valence-electron chi connectivity index (χ3n) is 5.37. The number of hydrogen-bond donors (Lipinski definition) is 2. The number of nitrogens with one attached hydrogen (secondary N) is 1. The minimum absolute atomic E-state index is 0.503. The van der Waals surface area contributed by atoms with Crippen LogP contribution in [0.4, 0.5) is 0 Å². The lowest BCUT2D eigenvalue weighted by molar-refractivity contribution is 0.230. The molecule has 2 heterocycles. The molecule has 1 aliphatic rings. The molecule has 3 rings (SSSR count). The van der Waals surface area contributed by atoms with Crippen LogP contribution in [0.15, 0.2) is 23.8 Å². The predicted molar refractivity (Wildman–Crippen MR) is 96.9 cm³/mol. The molecular weight excluding hydrogens is 300 g/mol. The molecule has 0 saturated carbocycles. The van der Waals surface area contributed by atoms with Gasteiger partial charge in [-0.15, -0.1) is 0 Å². The molecule has 0 bridgehead atoms. The van der Waals surface area contributed by atoms with Crippen LogP contribution < -0.4 is 10.5 Å². The second-order valence-corrected chi connectivity index (χ2v) is 7.26. The maximum absolute atomic E-state index is 5.99. The van der Waals surface area contributed by atoms with Gasteiger partial charge in [-0.2, -0.15) is 4.98 Å². The fourth-order valence-corrected chi connectivity index (χ4v) is 3.91. The van der Waals surface area contributed by atoms with Crippen molar-refractivity contribution in [3.8, 4) is 5.88 Å². The molecule has 1 aliphatic carbocycles. The molecule has 0 amide bonds. The summed E-state index contributed by atoms with van der Waals surface area (Å²) in [6, 6.07) is 3.83. The van der Waals surface area contributed by atoms with Crippen molar-refractivity contribution in [2.45, 2.75) is 33.6 Å². The van der Waals surface area contributed by atoms with E-state index in [0.717, 1.165) is 30.0 Å². The smallest absolute Gasteiger partial charge is 0.215 e. The average molecular weight is 328 g/mol.